The predicted molar refractivity (Wildman–Crippen MR) is 75.7 cm³/mol. The van der Waals surface area contributed by atoms with Gasteiger partial charge in [-0.25, -0.2) is 9.47 Å². The third-order valence-corrected chi connectivity index (χ3v) is 3.96. The summed E-state index contributed by atoms with van der Waals surface area (Å²) in [5, 5.41) is 0. The first-order valence-corrected chi connectivity index (χ1v) is 6.62. The maximum Gasteiger partial charge on any atom is 0.286 e. The molecule has 3 nitrogen and oxygen atoms in total. The Morgan fingerprint density at radius 1 is 1.00 bits per heavy atom. The molecule has 3 heterocycles. The molecule has 0 bridgehead atoms. The highest BCUT2D eigenvalue weighted by Crippen LogP contribution is 2.36. The van der Waals surface area contributed by atoms with E-state index in [1.165, 1.54) is 17.1 Å². The van der Waals surface area contributed by atoms with Gasteiger partial charge in [0.25, 0.3) is 5.82 Å². The molecule has 2 aliphatic heterocycles. The lowest BCUT2D eigenvalue weighted by molar-refractivity contribution is -0.658. The van der Waals surface area contributed by atoms with Gasteiger partial charge in [-0.05, 0) is 24.3 Å². The summed E-state index contributed by atoms with van der Waals surface area (Å²) in [5.41, 5.74) is 2.67. The molecular weight excluding hydrogens is 234 g/mol. The van der Waals surface area contributed by atoms with Gasteiger partial charge in [-0.15, -0.1) is 0 Å². The van der Waals surface area contributed by atoms with Crippen molar-refractivity contribution < 1.29 is 4.57 Å². The second-order valence-electron chi connectivity index (χ2n) is 5.10. The number of fused-ring (bicyclic) bond motifs is 3. The third-order valence-electron chi connectivity index (χ3n) is 3.96. The van der Waals surface area contributed by atoms with Crippen molar-refractivity contribution >= 4 is 11.5 Å². The molecule has 0 aliphatic carbocycles. The highest BCUT2D eigenvalue weighted by molar-refractivity contribution is 5.63. The number of rotatable bonds is 1. The van der Waals surface area contributed by atoms with Gasteiger partial charge in [0.2, 0.25) is 0 Å². The number of hydrogen-bond acceptors (Lipinski definition) is 2. The summed E-state index contributed by atoms with van der Waals surface area (Å²) in [6, 6.07) is 14.9. The van der Waals surface area contributed by atoms with Crippen molar-refractivity contribution in [3.05, 3.63) is 66.6 Å². The molecule has 0 spiro atoms. The maximum absolute atomic E-state index is 2.36. The first-order chi connectivity index (χ1) is 9.34. The summed E-state index contributed by atoms with van der Waals surface area (Å²) in [7, 11) is 2.11. The molecule has 3 heteroatoms. The minimum absolute atomic E-state index is 0.381. The van der Waals surface area contributed by atoms with Crippen molar-refractivity contribution in [2.45, 2.75) is 12.6 Å². The highest BCUT2D eigenvalue weighted by atomic mass is 15.4. The van der Waals surface area contributed by atoms with Crippen molar-refractivity contribution in [2.75, 3.05) is 9.80 Å². The summed E-state index contributed by atoms with van der Waals surface area (Å²) in [4.78, 5) is 4.71. The average molecular weight is 250 g/mol. The summed E-state index contributed by atoms with van der Waals surface area (Å²) in [6.07, 6.45) is 7.91. The number of anilines is 2. The van der Waals surface area contributed by atoms with E-state index in [0.29, 0.717) is 6.17 Å². The molecule has 0 N–H and O–H groups in total. The molecule has 0 amide bonds. The summed E-state index contributed by atoms with van der Waals surface area (Å²) < 4.78 is 2.20. The number of pyridine rings is 1. The molecule has 19 heavy (non-hydrogen) atoms. The third kappa shape index (κ3) is 1.48. The quantitative estimate of drug-likeness (QED) is 0.718. The van der Waals surface area contributed by atoms with Gasteiger partial charge in [-0.3, -0.25) is 0 Å². The second kappa shape index (κ2) is 3.85. The zero-order chi connectivity index (χ0) is 12.8. The lowest BCUT2D eigenvalue weighted by Crippen LogP contribution is -2.41. The van der Waals surface area contributed by atoms with E-state index < -0.39 is 0 Å². The zero-order valence-corrected chi connectivity index (χ0v) is 10.9. The summed E-state index contributed by atoms with van der Waals surface area (Å²) >= 11 is 0. The fraction of sp³-hybridized carbons (Fsp3) is 0.188. The molecule has 2 aromatic rings. The minimum atomic E-state index is 0.381. The van der Waals surface area contributed by atoms with E-state index in [4.69, 9.17) is 0 Å². The normalized spacial score (nSPS) is 19.7. The fourth-order valence-electron chi connectivity index (χ4n) is 3.11. The first-order valence-electron chi connectivity index (χ1n) is 6.62. The van der Waals surface area contributed by atoms with E-state index in [1.54, 1.807) is 0 Å². The largest absolute Gasteiger partial charge is 0.305 e. The zero-order valence-electron chi connectivity index (χ0n) is 10.9. The van der Waals surface area contributed by atoms with Crippen LogP contribution in [0.25, 0.3) is 0 Å². The number of para-hydroxylation sites is 1. The van der Waals surface area contributed by atoms with Gasteiger partial charge >= 0.3 is 0 Å². The Morgan fingerprint density at radius 3 is 2.63 bits per heavy atom. The fourth-order valence-corrected chi connectivity index (χ4v) is 3.11. The smallest absolute Gasteiger partial charge is 0.286 e. The van der Waals surface area contributed by atoms with Gasteiger partial charge in [0, 0.05) is 23.9 Å². The Bertz CT molecular complexity index is 648. The van der Waals surface area contributed by atoms with Crippen LogP contribution in [0.5, 0.6) is 0 Å². The van der Waals surface area contributed by atoms with Crippen LogP contribution in [0.15, 0.2) is 61.1 Å². The maximum atomic E-state index is 2.36. The van der Waals surface area contributed by atoms with Crippen LogP contribution in [0.1, 0.15) is 5.56 Å². The number of aryl methyl sites for hydroxylation is 1. The van der Waals surface area contributed by atoms with Crippen LogP contribution in [0, 0.1) is 0 Å². The predicted octanol–water partition coefficient (Wildman–Crippen LogP) is 2.19. The van der Waals surface area contributed by atoms with E-state index in [9.17, 15) is 0 Å². The van der Waals surface area contributed by atoms with Crippen LogP contribution in [0.3, 0.4) is 0 Å². The van der Waals surface area contributed by atoms with Crippen LogP contribution < -0.4 is 14.4 Å². The van der Waals surface area contributed by atoms with E-state index in [1.807, 2.05) is 0 Å². The molecule has 1 aromatic carbocycles. The molecule has 1 aromatic heterocycles. The van der Waals surface area contributed by atoms with Crippen molar-refractivity contribution in [3.63, 3.8) is 0 Å². The van der Waals surface area contributed by atoms with E-state index in [0.717, 1.165) is 6.42 Å². The molecule has 4 rings (SSSR count). The first kappa shape index (κ1) is 10.6. The Balaban J connectivity index is 1.75. The van der Waals surface area contributed by atoms with Crippen molar-refractivity contribution in [1.29, 1.82) is 0 Å². The number of aromatic nitrogens is 1. The van der Waals surface area contributed by atoms with Gasteiger partial charge in [-0.2, -0.15) is 0 Å². The monoisotopic (exact) mass is 250 g/mol. The van der Waals surface area contributed by atoms with Gasteiger partial charge < -0.3 is 4.90 Å². The van der Waals surface area contributed by atoms with E-state index in [-0.39, 0.29) is 0 Å². The standard InChI is InChI=1S/C16H16N3/c1-17-9-5-6-13-12-15-18(10-11-19(15)16(13)17)14-7-3-2-4-8-14/h2-11,15H,12H2,1H3/q+1. The van der Waals surface area contributed by atoms with Crippen molar-refractivity contribution in [1.82, 2.24) is 0 Å². The van der Waals surface area contributed by atoms with Gasteiger partial charge in [-0.1, -0.05) is 18.2 Å². The van der Waals surface area contributed by atoms with Crippen LogP contribution in [-0.4, -0.2) is 6.17 Å². The molecule has 2 aliphatic rings. The molecule has 1 atom stereocenters. The minimum Gasteiger partial charge on any atom is -0.305 e. The molecule has 0 saturated heterocycles. The van der Waals surface area contributed by atoms with Crippen LogP contribution in [0.2, 0.25) is 0 Å². The lowest BCUT2D eigenvalue weighted by atomic mass is 10.2. The van der Waals surface area contributed by atoms with Crippen LogP contribution in [-0.2, 0) is 13.5 Å². The van der Waals surface area contributed by atoms with Gasteiger partial charge in [0.05, 0.1) is 13.2 Å². The molecular formula is C16H16N3+. The van der Waals surface area contributed by atoms with Gasteiger partial charge in [0.15, 0.2) is 6.17 Å². The van der Waals surface area contributed by atoms with E-state index >= 15 is 0 Å². The highest BCUT2D eigenvalue weighted by Gasteiger charge is 2.43. The topological polar surface area (TPSA) is 10.4 Å². The Morgan fingerprint density at radius 2 is 1.79 bits per heavy atom. The van der Waals surface area contributed by atoms with Crippen LogP contribution in [0.4, 0.5) is 11.5 Å². The average Bonchev–Trinajstić information content (AvgIpc) is 2.98. The molecule has 0 saturated carbocycles. The summed E-state index contributed by atoms with van der Waals surface area (Å²) in [5.74, 6) is 1.31. The van der Waals surface area contributed by atoms with Crippen molar-refractivity contribution in [3.8, 4) is 0 Å². The Kier molecular flexibility index (Phi) is 2.15. The number of benzene rings is 1. The van der Waals surface area contributed by atoms with Crippen molar-refractivity contribution in [2.24, 2.45) is 7.05 Å². The second-order valence-corrected chi connectivity index (χ2v) is 5.10. The SMILES string of the molecule is C[n+]1cccc2c1N1C=CN(c3ccccc3)C1C2. The van der Waals surface area contributed by atoms with E-state index in [2.05, 4.69) is 82.5 Å². The molecule has 0 fully saturated rings. The van der Waals surface area contributed by atoms with Gasteiger partial charge in [0.1, 0.15) is 6.20 Å². The number of nitrogens with zero attached hydrogens (tertiary/aromatic N) is 3. The molecule has 0 radical (unpaired) electrons. The summed E-state index contributed by atoms with van der Waals surface area (Å²) in [6.45, 7) is 0. The number of hydrogen-bond donors (Lipinski definition) is 0. The van der Waals surface area contributed by atoms with Crippen LogP contribution >= 0.6 is 0 Å². The molecule has 94 valence electrons. The molecule has 1 unspecified atom stereocenters. The Hall–Kier alpha value is -2.29. The lowest BCUT2D eigenvalue weighted by Gasteiger charge is -2.22. The Labute approximate surface area is 113 Å².